The summed E-state index contributed by atoms with van der Waals surface area (Å²) in [6, 6.07) is -0.0718. The van der Waals surface area contributed by atoms with E-state index in [1.54, 1.807) is 6.92 Å². The van der Waals surface area contributed by atoms with Crippen LogP contribution >= 0.6 is 0 Å². The molecule has 0 unspecified atom stereocenters. The topological polar surface area (TPSA) is 63.4 Å². The van der Waals surface area contributed by atoms with Crippen molar-refractivity contribution in [2.24, 2.45) is 5.73 Å². The molecule has 0 aromatic carbocycles. The van der Waals surface area contributed by atoms with E-state index in [0.29, 0.717) is 0 Å². The van der Waals surface area contributed by atoms with E-state index < -0.39 is 0 Å². The number of primary amides is 1. The molecule has 4 heteroatoms. The van der Waals surface area contributed by atoms with E-state index in [0.717, 1.165) is 19.4 Å². The fourth-order valence-corrected chi connectivity index (χ4v) is 1.68. The summed E-state index contributed by atoms with van der Waals surface area (Å²) in [6.45, 7) is 2.58. The number of likely N-dealkylation sites (tertiary alicyclic amines) is 1. The van der Waals surface area contributed by atoms with E-state index in [9.17, 15) is 9.59 Å². The van der Waals surface area contributed by atoms with E-state index >= 15 is 0 Å². The molecule has 0 spiro atoms. The van der Waals surface area contributed by atoms with Gasteiger partial charge in [-0.2, -0.15) is 0 Å². The third kappa shape index (κ3) is 2.04. The SMILES string of the molecule is CC(=O)[C@H]1CCCN1CC(N)=O. The lowest BCUT2D eigenvalue weighted by atomic mass is 10.1. The monoisotopic (exact) mass is 170 g/mol. The molecule has 1 rings (SSSR count). The number of ketones is 1. The number of carbonyl (C=O) groups is 2. The minimum absolute atomic E-state index is 0.0718. The Morgan fingerprint density at radius 2 is 2.25 bits per heavy atom. The molecule has 12 heavy (non-hydrogen) atoms. The molecule has 0 aromatic rings. The van der Waals surface area contributed by atoms with Gasteiger partial charge in [-0.05, 0) is 26.3 Å². The number of carbonyl (C=O) groups excluding carboxylic acids is 2. The third-order valence-corrected chi connectivity index (χ3v) is 2.19. The summed E-state index contributed by atoms with van der Waals surface area (Å²) in [5, 5.41) is 0. The first-order chi connectivity index (χ1) is 5.61. The lowest BCUT2D eigenvalue weighted by Crippen LogP contribution is -2.40. The van der Waals surface area contributed by atoms with Gasteiger partial charge in [-0.1, -0.05) is 0 Å². The predicted octanol–water partition coefficient (Wildman–Crippen LogP) is -0.475. The molecule has 0 saturated carbocycles. The summed E-state index contributed by atoms with van der Waals surface area (Å²) in [6.07, 6.45) is 1.85. The molecule has 1 fully saturated rings. The van der Waals surface area contributed by atoms with Crippen molar-refractivity contribution in [1.82, 2.24) is 4.90 Å². The van der Waals surface area contributed by atoms with Gasteiger partial charge >= 0.3 is 0 Å². The van der Waals surface area contributed by atoms with Crippen molar-refractivity contribution >= 4 is 11.7 Å². The Kier molecular flexibility index (Phi) is 2.81. The van der Waals surface area contributed by atoms with E-state index in [1.807, 2.05) is 4.90 Å². The van der Waals surface area contributed by atoms with Crippen LogP contribution in [-0.2, 0) is 9.59 Å². The molecule has 0 radical (unpaired) electrons. The van der Waals surface area contributed by atoms with Gasteiger partial charge in [-0.15, -0.1) is 0 Å². The Labute approximate surface area is 71.7 Å². The number of hydrogen-bond acceptors (Lipinski definition) is 3. The molecule has 68 valence electrons. The second-order valence-electron chi connectivity index (χ2n) is 3.21. The zero-order valence-corrected chi connectivity index (χ0v) is 7.25. The Morgan fingerprint density at radius 1 is 1.58 bits per heavy atom. The summed E-state index contributed by atoms with van der Waals surface area (Å²) in [5.74, 6) is -0.225. The maximum absolute atomic E-state index is 11.0. The average Bonchev–Trinajstić information content (AvgIpc) is 2.33. The molecule has 1 heterocycles. The van der Waals surface area contributed by atoms with E-state index in [-0.39, 0.29) is 24.3 Å². The van der Waals surface area contributed by atoms with Crippen LogP contribution in [0.15, 0.2) is 0 Å². The number of nitrogens with zero attached hydrogens (tertiary/aromatic N) is 1. The number of hydrogen-bond donors (Lipinski definition) is 1. The quantitative estimate of drug-likeness (QED) is 0.622. The fraction of sp³-hybridized carbons (Fsp3) is 0.750. The molecule has 4 nitrogen and oxygen atoms in total. The van der Waals surface area contributed by atoms with Crippen molar-refractivity contribution in [3.05, 3.63) is 0 Å². The summed E-state index contributed by atoms with van der Waals surface area (Å²) in [7, 11) is 0. The molecular formula is C8H14N2O2. The summed E-state index contributed by atoms with van der Waals surface area (Å²) in [4.78, 5) is 23.5. The molecular weight excluding hydrogens is 156 g/mol. The number of amides is 1. The second-order valence-corrected chi connectivity index (χ2v) is 3.21. The van der Waals surface area contributed by atoms with Crippen molar-refractivity contribution in [3.8, 4) is 0 Å². The Balaban J connectivity index is 2.52. The molecule has 1 atom stereocenters. The molecule has 1 aliphatic heterocycles. The van der Waals surface area contributed by atoms with E-state index in [4.69, 9.17) is 5.73 Å². The van der Waals surface area contributed by atoms with Gasteiger partial charge in [0.15, 0.2) is 0 Å². The normalized spacial score (nSPS) is 24.2. The molecule has 0 bridgehead atoms. The first kappa shape index (κ1) is 9.19. The van der Waals surface area contributed by atoms with E-state index in [1.165, 1.54) is 0 Å². The van der Waals surface area contributed by atoms with Gasteiger partial charge in [-0.3, -0.25) is 14.5 Å². The first-order valence-corrected chi connectivity index (χ1v) is 4.14. The molecule has 0 aromatic heterocycles. The van der Waals surface area contributed by atoms with Crippen LogP contribution in [0.25, 0.3) is 0 Å². The number of rotatable bonds is 3. The van der Waals surface area contributed by atoms with Crippen LogP contribution in [0.4, 0.5) is 0 Å². The minimum atomic E-state index is -0.358. The fourth-order valence-electron chi connectivity index (χ4n) is 1.68. The highest BCUT2D eigenvalue weighted by atomic mass is 16.1. The van der Waals surface area contributed by atoms with Crippen molar-refractivity contribution in [2.75, 3.05) is 13.1 Å². The maximum atomic E-state index is 11.0. The van der Waals surface area contributed by atoms with Crippen molar-refractivity contribution in [2.45, 2.75) is 25.8 Å². The van der Waals surface area contributed by atoms with Crippen LogP contribution in [-0.4, -0.2) is 35.7 Å². The molecule has 1 saturated heterocycles. The second kappa shape index (κ2) is 3.67. The van der Waals surface area contributed by atoms with Crippen molar-refractivity contribution in [3.63, 3.8) is 0 Å². The van der Waals surface area contributed by atoms with E-state index in [2.05, 4.69) is 0 Å². The van der Waals surface area contributed by atoms with Gasteiger partial charge in [-0.25, -0.2) is 0 Å². The Morgan fingerprint density at radius 3 is 2.75 bits per heavy atom. The van der Waals surface area contributed by atoms with Gasteiger partial charge in [0.1, 0.15) is 5.78 Å². The van der Waals surface area contributed by atoms with Crippen LogP contribution in [0.3, 0.4) is 0 Å². The van der Waals surface area contributed by atoms with Gasteiger partial charge in [0.05, 0.1) is 12.6 Å². The standard InChI is InChI=1S/C8H14N2O2/c1-6(11)7-3-2-4-10(7)5-8(9)12/h7H,2-5H2,1H3,(H2,9,12)/t7-/m1/s1. The summed E-state index contributed by atoms with van der Waals surface area (Å²) < 4.78 is 0. The Bertz CT molecular complexity index is 203. The lowest BCUT2D eigenvalue weighted by Gasteiger charge is -2.19. The smallest absolute Gasteiger partial charge is 0.231 e. The minimum Gasteiger partial charge on any atom is -0.369 e. The van der Waals surface area contributed by atoms with Crippen LogP contribution in [0.2, 0.25) is 0 Å². The number of Topliss-reactive ketones (excluding diaryl/α,β-unsaturated/α-hetero) is 1. The third-order valence-electron chi connectivity index (χ3n) is 2.19. The first-order valence-electron chi connectivity index (χ1n) is 4.14. The van der Waals surface area contributed by atoms with Crippen LogP contribution in [0.5, 0.6) is 0 Å². The van der Waals surface area contributed by atoms with Gasteiger partial charge < -0.3 is 5.73 Å². The van der Waals surface area contributed by atoms with Gasteiger partial charge in [0, 0.05) is 0 Å². The maximum Gasteiger partial charge on any atom is 0.231 e. The van der Waals surface area contributed by atoms with Gasteiger partial charge in [0.25, 0.3) is 0 Å². The highest BCUT2D eigenvalue weighted by Crippen LogP contribution is 2.16. The van der Waals surface area contributed by atoms with Gasteiger partial charge in [0.2, 0.25) is 5.91 Å². The van der Waals surface area contributed by atoms with Crippen molar-refractivity contribution in [1.29, 1.82) is 0 Å². The van der Waals surface area contributed by atoms with Crippen LogP contribution < -0.4 is 5.73 Å². The lowest BCUT2D eigenvalue weighted by molar-refractivity contribution is -0.123. The molecule has 2 N–H and O–H groups in total. The largest absolute Gasteiger partial charge is 0.369 e. The van der Waals surface area contributed by atoms with Crippen LogP contribution in [0, 0.1) is 0 Å². The summed E-state index contributed by atoms with van der Waals surface area (Å²) >= 11 is 0. The molecule has 1 aliphatic rings. The average molecular weight is 170 g/mol. The highest BCUT2D eigenvalue weighted by molar-refractivity contribution is 5.83. The van der Waals surface area contributed by atoms with Crippen molar-refractivity contribution < 1.29 is 9.59 Å². The number of nitrogens with two attached hydrogens (primary N) is 1. The predicted molar refractivity (Wildman–Crippen MR) is 44.5 cm³/mol. The zero-order chi connectivity index (χ0) is 9.14. The highest BCUT2D eigenvalue weighted by Gasteiger charge is 2.28. The zero-order valence-electron chi connectivity index (χ0n) is 7.25. The molecule has 0 aliphatic carbocycles. The van der Waals surface area contributed by atoms with Crippen LogP contribution in [0.1, 0.15) is 19.8 Å². The Hall–Kier alpha value is -0.900. The summed E-state index contributed by atoms with van der Waals surface area (Å²) in [5.41, 5.74) is 5.04. The molecule has 1 amide bonds.